The van der Waals surface area contributed by atoms with Gasteiger partial charge >= 0.3 is 0 Å². The molecule has 1 aliphatic rings. The van der Waals surface area contributed by atoms with Gasteiger partial charge in [0.15, 0.2) is 0 Å². The van der Waals surface area contributed by atoms with Crippen LogP contribution in [0.2, 0.25) is 10.0 Å². The highest BCUT2D eigenvalue weighted by atomic mass is 35.5. The molecule has 1 aromatic carbocycles. The maximum atomic E-state index is 9.43. The quantitative estimate of drug-likeness (QED) is 0.683. The van der Waals surface area contributed by atoms with Crippen molar-refractivity contribution in [2.45, 2.75) is 6.10 Å². The Morgan fingerprint density at radius 2 is 2.00 bits per heavy atom. The van der Waals surface area contributed by atoms with Crippen LogP contribution in [0.4, 0.5) is 0 Å². The van der Waals surface area contributed by atoms with E-state index in [0.717, 1.165) is 11.1 Å². The van der Waals surface area contributed by atoms with E-state index < -0.39 is 6.10 Å². The number of fused-ring (bicyclic) bond motifs is 1. The average Bonchev–Trinajstić information content (AvgIpc) is 2.33. The summed E-state index contributed by atoms with van der Waals surface area (Å²) in [4.78, 5) is 0. The highest BCUT2D eigenvalue weighted by molar-refractivity contribution is 6.35. The smallest absolute Gasteiger partial charge is 0.0981 e. The Bertz CT molecular complexity index is 358. The SMILES string of the molecule is OC1C=Cc2c(Cl)cc(Cl)cc21. The Labute approximate surface area is 80.2 Å². The molecule has 0 fully saturated rings. The van der Waals surface area contributed by atoms with Crippen LogP contribution in [0.5, 0.6) is 0 Å². The van der Waals surface area contributed by atoms with Crippen LogP contribution in [0.1, 0.15) is 17.2 Å². The molecule has 2 rings (SSSR count). The molecule has 0 amide bonds. The lowest BCUT2D eigenvalue weighted by Crippen LogP contribution is -1.90. The monoisotopic (exact) mass is 200 g/mol. The van der Waals surface area contributed by atoms with Crippen LogP contribution in [-0.4, -0.2) is 5.11 Å². The van der Waals surface area contributed by atoms with Crippen LogP contribution in [0, 0.1) is 0 Å². The molecule has 0 spiro atoms. The average molecular weight is 201 g/mol. The van der Waals surface area contributed by atoms with Crippen molar-refractivity contribution in [1.29, 1.82) is 0 Å². The molecular weight excluding hydrogens is 195 g/mol. The van der Waals surface area contributed by atoms with Gasteiger partial charge in [0.1, 0.15) is 0 Å². The maximum Gasteiger partial charge on any atom is 0.0981 e. The van der Waals surface area contributed by atoms with Gasteiger partial charge in [-0.05, 0) is 23.3 Å². The number of halogens is 2. The second-order valence-electron chi connectivity index (χ2n) is 2.69. The molecule has 1 aliphatic carbocycles. The van der Waals surface area contributed by atoms with Crippen molar-refractivity contribution in [2.75, 3.05) is 0 Å². The Morgan fingerprint density at radius 1 is 1.25 bits per heavy atom. The lowest BCUT2D eigenvalue weighted by Gasteiger charge is -2.05. The maximum absolute atomic E-state index is 9.43. The van der Waals surface area contributed by atoms with Crippen molar-refractivity contribution in [3.63, 3.8) is 0 Å². The molecule has 1 aromatic rings. The lowest BCUT2D eigenvalue weighted by molar-refractivity contribution is 0.232. The Hall–Kier alpha value is -0.500. The number of hydrogen-bond acceptors (Lipinski definition) is 1. The third-order valence-electron chi connectivity index (χ3n) is 1.89. The summed E-state index contributed by atoms with van der Waals surface area (Å²) in [5, 5.41) is 10.6. The van der Waals surface area contributed by atoms with Crippen molar-refractivity contribution in [2.24, 2.45) is 0 Å². The summed E-state index contributed by atoms with van der Waals surface area (Å²) in [6.07, 6.45) is 2.93. The number of aliphatic hydroxyl groups is 1. The highest BCUT2D eigenvalue weighted by Crippen LogP contribution is 2.35. The van der Waals surface area contributed by atoms with E-state index in [0.29, 0.717) is 10.0 Å². The predicted octanol–water partition coefficient (Wildman–Crippen LogP) is 3.05. The first-order valence-electron chi connectivity index (χ1n) is 3.53. The van der Waals surface area contributed by atoms with Crippen molar-refractivity contribution < 1.29 is 5.11 Å². The van der Waals surface area contributed by atoms with Gasteiger partial charge < -0.3 is 5.11 Å². The molecular formula is C9H6Cl2O. The third-order valence-corrected chi connectivity index (χ3v) is 2.42. The van der Waals surface area contributed by atoms with Gasteiger partial charge in [0.2, 0.25) is 0 Å². The van der Waals surface area contributed by atoms with E-state index in [9.17, 15) is 5.11 Å². The molecule has 3 heteroatoms. The highest BCUT2D eigenvalue weighted by Gasteiger charge is 2.17. The minimum atomic E-state index is -0.559. The van der Waals surface area contributed by atoms with Gasteiger partial charge in [-0.3, -0.25) is 0 Å². The lowest BCUT2D eigenvalue weighted by atomic mass is 10.1. The van der Waals surface area contributed by atoms with Crippen LogP contribution < -0.4 is 0 Å². The fraction of sp³-hybridized carbons (Fsp3) is 0.111. The molecule has 62 valence electrons. The fourth-order valence-corrected chi connectivity index (χ4v) is 1.89. The molecule has 0 aliphatic heterocycles. The van der Waals surface area contributed by atoms with Gasteiger partial charge in [0, 0.05) is 10.0 Å². The minimum absolute atomic E-state index is 0.557. The van der Waals surface area contributed by atoms with Gasteiger partial charge in [-0.1, -0.05) is 35.4 Å². The van der Waals surface area contributed by atoms with Crippen molar-refractivity contribution in [1.82, 2.24) is 0 Å². The molecule has 1 unspecified atom stereocenters. The molecule has 0 saturated carbocycles. The molecule has 0 aromatic heterocycles. The van der Waals surface area contributed by atoms with Gasteiger partial charge in [-0.25, -0.2) is 0 Å². The van der Waals surface area contributed by atoms with E-state index >= 15 is 0 Å². The van der Waals surface area contributed by atoms with Crippen molar-refractivity contribution in [3.05, 3.63) is 39.4 Å². The summed E-state index contributed by atoms with van der Waals surface area (Å²) in [7, 11) is 0. The number of hydrogen-bond donors (Lipinski definition) is 1. The van der Waals surface area contributed by atoms with E-state index in [-0.39, 0.29) is 0 Å². The Morgan fingerprint density at radius 3 is 2.75 bits per heavy atom. The summed E-state index contributed by atoms with van der Waals surface area (Å²) in [6.45, 7) is 0. The molecule has 12 heavy (non-hydrogen) atoms. The Kier molecular flexibility index (Phi) is 1.87. The number of rotatable bonds is 0. The van der Waals surface area contributed by atoms with Crippen LogP contribution in [0.3, 0.4) is 0 Å². The minimum Gasteiger partial charge on any atom is -0.384 e. The fourth-order valence-electron chi connectivity index (χ4n) is 1.32. The van der Waals surface area contributed by atoms with Crippen LogP contribution >= 0.6 is 23.2 Å². The largest absolute Gasteiger partial charge is 0.384 e. The molecule has 1 N–H and O–H groups in total. The van der Waals surface area contributed by atoms with Gasteiger partial charge in [-0.15, -0.1) is 0 Å². The molecule has 0 saturated heterocycles. The van der Waals surface area contributed by atoms with Crippen molar-refractivity contribution >= 4 is 29.3 Å². The summed E-state index contributed by atoms with van der Waals surface area (Å²) in [5.41, 5.74) is 1.65. The van der Waals surface area contributed by atoms with E-state index in [1.54, 1.807) is 24.3 Å². The summed E-state index contributed by atoms with van der Waals surface area (Å²) < 4.78 is 0. The Balaban J connectivity index is 2.66. The van der Waals surface area contributed by atoms with E-state index in [4.69, 9.17) is 23.2 Å². The normalized spacial score (nSPS) is 19.8. The van der Waals surface area contributed by atoms with Gasteiger partial charge in [-0.2, -0.15) is 0 Å². The van der Waals surface area contributed by atoms with E-state index in [1.165, 1.54) is 0 Å². The first kappa shape index (κ1) is 8.11. The molecule has 0 radical (unpaired) electrons. The molecule has 0 bridgehead atoms. The zero-order chi connectivity index (χ0) is 8.72. The molecule has 0 heterocycles. The van der Waals surface area contributed by atoms with Gasteiger partial charge in [0.25, 0.3) is 0 Å². The summed E-state index contributed by atoms with van der Waals surface area (Å²) in [5.74, 6) is 0. The van der Waals surface area contributed by atoms with Crippen LogP contribution in [0.25, 0.3) is 6.08 Å². The molecule has 1 nitrogen and oxygen atoms in total. The van der Waals surface area contributed by atoms with E-state index in [1.807, 2.05) is 0 Å². The van der Waals surface area contributed by atoms with Crippen LogP contribution in [0.15, 0.2) is 18.2 Å². The third kappa shape index (κ3) is 1.14. The first-order valence-corrected chi connectivity index (χ1v) is 4.29. The second-order valence-corrected chi connectivity index (χ2v) is 3.54. The first-order chi connectivity index (χ1) is 5.68. The standard InChI is InChI=1S/C9H6Cl2O/c10-5-3-7-6(8(11)4-5)1-2-9(7)12/h1-4,9,12H. The van der Waals surface area contributed by atoms with E-state index in [2.05, 4.69) is 0 Å². The van der Waals surface area contributed by atoms with Crippen LogP contribution in [-0.2, 0) is 0 Å². The number of benzene rings is 1. The zero-order valence-electron chi connectivity index (χ0n) is 6.09. The molecule has 1 atom stereocenters. The summed E-state index contributed by atoms with van der Waals surface area (Å²) >= 11 is 11.7. The summed E-state index contributed by atoms with van der Waals surface area (Å²) in [6, 6.07) is 3.40. The second kappa shape index (κ2) is 2.77. The topological polar surface area (TPSA) is 20.2 Å². The van der Waals surface area contributed by atoms with Crippen molar-refractivity contribution in [3.8, 4) is 0 Å². The number of aliphatic hydroxyl groups excluding tert-OH is 1. The zero-order valence-corrected chi connectivity index (χ0v) is 7.60. The predicted molar refractivity (Wildman–Crippen MR) is 50.5 cm³/mol. The van der Waals surface area contributed by atoms with Gasteiger partial charge in [0.05, 0.1) is 6.10 Å².